The van der Waals surface area contributed by atoms with Crippen LogP contribution in [0, 0.1) is 12.8 Å². The number of hydrogen-bond donors (Lipinski definition) is 1. The fraction of sp³-hybridized carbons (Fsp3) is 0.450. The number of tetrazole rings is 1. The van der Waals surface area contributed by atoms with Crippen LogP contribution in [-0.4, -0.2) is 31.1 Å². The van der Waals surface area contributed by atoms with Gasteiger partial charge < -0.3 is 5.32 Å². The van der Waals surface area contributed by atoms with Gasteiger partial charge in [0.15, 0.2) is 11.0 Å². The average Bonchev–Trinajstić information content (AvgIpc) is 3.38. The van der Waals surface area contributed by atoms with Gasteiger partial charge >= 0.3 is 0 Å². The van der Waals surface area contributed by atoms with Gasteiger partial charge in [0.2, 0.25) is 5.91 Å². The molecule has 1 unspecified atom stereocenters. The third-order valence-corrected chi connectivity index (χ3v) is 6.49. The van der Waals surface area contributed by atoms with E-state index in [9.17, 15) is 4.79 Å². The summed E-state index contributed by atoms with van der Waals surface area (Å²) in [6.07, 6.45) is 8.63. The van der Waals surface area contributed by atoms with Crippen molar-refractivity contribution in [1.82, 2.24) is 25.2 Å². The van der Waals surface area contributed by atoms with Gasteiger partial charge in [0.1, 0.15) is 0 Å². The molecule has 7 nitrogen and oxygen atoms in total. The van der Waals surface area contributed by atoms with Gasteiger partial charge in [0.25, 0.3) is 0 Å². The highest BCUT2D eigenvalue weighted by atomic mass is 35.5. The Labute approximate surface area is 178 Å². The normalized spacial score (nSPS) is 15.9. The van der Waals surface area contributed by atoms with Crippen molar-refractivity contribution in [3.63, 3.8) is 0 Å². The Bertz CT molecular complexity index is 967. The summed E-state index contributed by atoms with van der Waals surface area (Å²) >= 11 is 7.99. The molecular weight excluding hydrogens is 408 g/mol. The van der Waals surface area contributed by atoms with Crippen LogP contribution in [0.5, 0.6) is 0 Å². The number of halogens is 1. The first-order valence-electron chi connectivity index (χ1n) is 9.87. The molecule has 1 N–H and O–H groups in total. The van der Waals surface area contributed by atoms with Crippen LogP contribution in [0.25, 0.3) is 5.69 Å². The fourth-order valence-corrected chi connectivity index (χ4v) is 4.80. The highest BCUT2D eigenvalue weighted by Crippen LogP contribution is 2.35. The third kappa shape index (κ3) is 4.64. The monoisotopic (exact) mass is 430 g/mol. The predicted molar refractivity (Wildman–Crippen MR) is 114 cm³/mol. The lowest BCUT2D eigenvalue weighted by Crippen LogP contribution is -2.24. The number of carbonyl (C=O) groups is 1. The molecule has 2 aromatic heterocycles. The van der Waals surface area contributed by atoms with Crippen molar-refractivity contribution in [1.29, 1.82) is 0 Å². The van der Waals surface area contributed by atoms with Gasteiger partial charge in [0, 0.05) is 11.6 Å². The number of aryl methyl sites for hydroxylation is 1. The van der Waals surface area contributed by atoms with E-state index in [1.165, 1.54) is 43.4 Å². The first-order valence-corrected chi connectivity index (χ1v) is 11.1. The molecule has 152 valence electrons. The minimum atomic E-state index is -0.275. The predicted octanol–water partition coefficient (Wildman–Crippen LogP) is 4.77. The number of nitrogens with zero attached hydrogens (tertiary/aromatic N) is 5. The molecule has 0 saturated heterocycles. The van der Waals surface area contributed by atoms with Gasteiger partial charge in [0.05, 0.1) is 16.6 Å². The van der Waals surface area contributed by atoms with Crippen molar-refractivity contribution in [2.45, 2.75) is 51.4 Å². The molecule has 1 aliphatic rings. The second-order valence-corrected chi connectivity index (χ2v) is 8.77. The van der Waals surface area contributed by atoms with E-state index in [4.69, 9.17) is 11.6 Å². The minimum absolute atomic E-state index is 0.0343. The van der Waals surface area contributed by atoms with E-state index >= 15 is 0 Å². The minimum Gasteiger partial charge on any atom is -0.301 e. The van der Waals surface area contributed by atoms with E-state index in [0.29, 0.717) is 27.6 Å². The van der Waals surface area contributed by atoms with Gasteiger partial charge in [-0.25, -0.2) is 4.98 Å². The number of thiazole rings is 1. The molecule has 1 saturated carbocycles. The average molecular weight is 431 g/mol. The zero-order valence-electron chi connectivity index (χ0n) is 16.2. The van der Waals surface area contributed by atoms with Gasteiger partial charge in [-0.15, -0.1) is 16.4 Å². The molecule has 1 atom stereocenters. The Balaban J connectivity index is 1.61. The van der Waals surface area contributed by atoms with E-state index in [1.807, 2.05) is 30.5 Å². The van der Waals surface area contributed by atoms with Crippen LogP contribution in [0.15, 0.2) is 29.8 Å². The highest BCUT2D eigenvalue weighted by Gasteiger charge is 2.27. The second kappa shape index (κ2) is 9.00. The van der Waals surface area contributed by atoms with E-state index < -0.39 is 0 Å². The molecule has 1 aromatic carbocycles. The Morgan fingerprint density at radius 2 is 2.17 bits per heavy atom. The topological polar surface area (TPSA) is 85.6 Å². The molecule has 1 aliphatic carbocycles. The number of amides is 1. The number of hydrogen-bond acceptors (Lipinski definition) is 6. The van der Waals surface area contributed by atoms with Crippen molar-refractivity contribution < 1.29 is 4.79 Å². The maximum atomic E-state index is 13.1. The molecule has 9 heteroatoms. The quantitative estimate of drug-likeness (QED) is 0.608. The van der Waals surface area contributed by atoms with E-state index in [1.54, 1.807) is 10.9 Å². The first kappa shape index (κ1) is 20.0. The van der Waals surface area contributed by atoms with Crippen LogP contribution >= 0.6 is 22.9 Å². The third-order valence-electron chi connectivity index (χ3n) is 5.50. The second-order valence-electron chi connectivity index (χ2n) is 7.47. The van der Waals surface area contributed by atoms with E-state index in [-0.39, 0.29) is 11.8 Å². The van der Waals surface area contributed by atoms with E-state index in [0.717, 1.165) is 12.0 Å². The smallest absolute Gasteiger partial charge is 0.233 e. The lowest BCUT2D eigenvalue weighted by molar-refractivity contribution is -0.118. The molecule has 4 rings (SSSR count). The number of anilines is 1. The first-order chi connectivity index (χ1) is 14.1. The number of rotatable bonds is 6. The lowest BCUT2D eigenvalue weighted by Gasteiger charge is -2.26. The van der Waals surface area contributed by atoms with E-state index in [2.05, 4.69) is 25.8 Å². The Morgan fingerprint density at radius 3 is 2.83 bits per heavy atom. The zero-order valence-corrected chi connectivity index (χ0v) is 17.8. The van der Waals surface area contributed by atoms with Crippen molar-refractivity contribution in [3.8, 4) is 5.69 Å². The summed E-state index contributed by atoms with van der Waals surface area (Å²) in [4.78, 5) is 17.3. The summed E-state index contributed by atoms with van der Waals surface area (Å²) in [6.45, 7) is 1.82. The molecule has 0 bridgehead atoms. The molecule has 1 fully saturated rings. The molecule has 2 heterocycles. The van der Waals surface area contributed by atoms with Crippen LogP contribution in [0.4, 0.5) is 5.13 Å². The number of aromatic nitrogens is 5. The summed E-state index contributed by atoms with van der Waals surface area (Å²) < 4.78 is 1.60. The SMILES string of the molecule is Cc1nnnn1-c1ccc(C(CC2CCCCC2)C(=O)Nc2nccs2)cc1Cl. The maximum Gasteiger partial charge on any atom is 0.233 e. The van der Waals surface area contributed by atoms with Crippen LogP contribution in [0.2, 0.25) is 5.02 Å². The molecule has 1 amide bonds. The Morgan fingerprint density at radius 1 is 1.34 bits per heavy atom. The summed E-state index contributed by atoms with van der Waals surface area (Å²) in [5.41, 5.74) is 1.61. The van der Waals surface area contributed by atoms with Crippen molar-refractivity contribution in [2.75, 3.05) is 5.32 Å². The largest absolute Gasteiger partial charge is 0.301 e. The highest BCUT2D eigenvalue weighted by molar-refractivity contribution is 7.13. The summed E-state index contributed by atoms with van der Waals surface area (Å²) in [5.74, 6) is 0.896. The number of nitrogens with one attached hydrogen (secondary N) is 1. The van der Waals surface area contributed by atoms with Gasteiger partial charge in [-0.2, -0.15) is 4.68 Å². The van der Waals surface area contributed by atoms with Gasteiger partial charge in [-0.1, -0.05) is 49.8 Å². The number of benzene rings is 1. The summed E-state index contributed by atoms with van der Waals surface area (Å²) in [6, 6.07) is 5.70. The molecule has 29 heavy (non-hydrogen) atoms. The van der Waals surface area contributed by atoms with Crippen LogP contribution < -0.4 is 5.32 Å². The van der Waals surface area contributed by atoms with Crippen LogP contribution in [0.3, 0.4) is 0 Å². The van der Waals surface area contributed by atoms with Crippen molar-refractivity contribution in [3.05, 3.63) is 46.2 Å². The maximum absolute atomic E-state index is 13.1. The molecule has 3 aromatic rings. The van der Waals surface area contributed by atoms with Gasteiger partial charge in [-0.05, 0) is 47.4 Å². The standard InChI is InChI=1S/C20H23ClN6OS/c1-13-24-25-26-27(13)18-8-7-15(12-17(18)21)16(11-14-5-3-2-4-6-14)19(28)23-20-22-9-10-29-20/h7-10,12,14,16H,2-6,11H2,1H3,(H,22,23,28). The van der Waals surface area contributed by atoms with Crippen LogP contribution in [-0.2, 0) is 4.79 Å². The molecule has 0 aliphatic heterocycles. The molecule has 0 radical (unpaired) electrons. The zero-order chi connectivity index (χ0) is 20.2. The summed E-state index contributed by atoms with van der Waals surface area (Å²) in [7, 11) is 0. The summed E-state index contributed by atoms with van der Waals surface area (Å²) in [5, 5.41) is 17.5. The molecule has 0 spiro atoms. The fourth-order valence-electron chi connectivity index (χ4n) is 3.99. The van der Waals surface area contributed by atoms with Crippen LogP contribution in [0.1, 0.15) is 55.8 Å². The van der Waals surface area contributed by atoms with Crippen molar-refractivity contribution >= 4 is 34.0 Å². The van der Waals surface area contributed by atoms with Gasteiger partial charge in [-0.3, -0.25) is 4.79 Å². The lowest BCUT2D eigenvalue weighted by atomic mass is 9.80. The Hall–Kier alpha value is -2.32. The Kier molecular flexibility index (Phi) is 6.20. The number of carbonyl (C=O) groups excluding carboxylic acids is 1. The van der Waals surface area contributed by atoms with Crippen molar-refractivity contribution in [2.24, 2.45) is 5.92 Å². The molecular formula is C20H23ClN6OS.